The number of rotatable bonds is 12. The molecule has 1 N–H and O–H groups in total. The van der Waals surface area contributed by atoms with Crippen LogP contribution in [0.15, 0.2) is 76.7 Å². The highest BCUT2D eigenvalue weighted by atomic mass is 32.2. The van der Waals surface area contributed by atoms with Gasteiger partial charge < -0.3 is 18.9 Å². The van der Waals surface area contributed by atoms with Crippen LogP contribution < -0.4 is 28.7 Å². The molecule has 0 aromatic heterocycles. The van der Waals surface area contributed by atoms with Crippen LogP contribution in [0.3, 0.4) is 0 Å². The quantitative estimate of drug-likeness (QED) is 0.283. The van der Waals surface area contributed by atoms with Crippen LogP contribution in [0.25, 0.3) is 0 Å². The Hall–Kier alpha value is -4.25. The SMILES string of the molecule is CCOc1ccc(S(=O)(=O)N(CC(=O)N/N=C\c2cc(OC)c(OC)c(OC)c2)c2ccccc2)cc1. The fourth-order valence-corrected chi connectivity index (χ4v) is 4.85. The number of carbonyl (C=O) groups is 1. The summed E-state index contributed by atoms with van der Waals surface area (Å²) in [5, 5.41) is 3.97. The van der Waals surface area contributed by atoms with E-state index in [4.69, 9.17) is 18.9 Å². The number of benzene rings is 3. The second-order valence-electron chi connectivity index (χ2n) is 7.50. The molecule has 0 radical (unpaired) electrons. The Kier molecular flexibility index (Phi) is 9.33. The lowest BCUT2D eigenvalue weighted by atomic mass is 10.2. The van der Waals surface area contributed by atoms with Gasteiger partial charge in [-0.05, 0) is 55.5 Å². The van der Waals surface area contributed by atoms with Crippen molar-refractivity contribution in [1.29, 1.82) is 0 Å². The van der Waals surface area contributed by atoms with E-state index in [0.29, 0.717) is 40.9 Å². The number of ether oxygens (including phenoxy) is 4. The topological polar surface area (TPSA) is 116 Å². The van der Waals surface area contributed by atoms with E-state index >= 15 is 0 Å². The maximum atomic E-state index is 13.5. The Morgan fingerprint density at radius 1 is 0.946 bits per heavy atom. The molecule has 1 amide bonds. The molecule has 11 heteroatoms. The zero-order valence-electron chi connectivity index (χ0n) is 21.0. The molecule has 0 fully saturated rings. The standard InChI is InChI=1S/C26H29N3O7S/c1-5-36-21-11-13-22(14-12-21)37(31,32)29(20-9-7-6-8-10-20)18-25(30)28-27-17-19-15-23(33-2)26(35-4)24(16-19)34-3/h6-17H,5,18H2,1-4H3,(H,28,30)/b27-17-. The molecular weight excluding hydrogens is 498 g/mol. The fourth-order valence-electron chi connectivity index (χ4n) is 3.43. The number of nitrogens with zero attached hydrogens (tertiary/aromatic N) is 2. The minimum atomic E-state index is -4.07. The summed E-state index contributed by atoms with van der Waals surface area (Å²) in [4.78, 5) is 12.8. The van der Waals surface area contributed by atoms with Gasteiger partial charge in [-0.25, -0.2) is 13.8 Å². The molecular formula is C26H29N3O7S. The number of methoxy groups -OCH3 is 3. The summed E-state index contributed by atoms with van der Waals surface area (Å²) in [5.41, 5.74) is 3.28. The van der Waals surface area contributed by atoms with Gasteiger partial charge in [-0.1, -0.05) is 18.2 Å². The van der Waals surface area contributed by atoms with Crippen LogP contribution in [0.2, 0.25) is 0 Å². The molecule has 0 aliphatic rings. The van der Waals surface area contributed by atoms with Crippen molar-refractivity contribution in [2.75, 3.05) is 38.8 Å². The first kappa shape index (κ1) is 27.3. The van der Waals surface area contributed by atoms with Crippen LogP contribution in [-0.4, -0.2) is 55.0 Å². The molecule has 0 heterocycles. The van der Waals surface area contributed by atoms with Crippen LogP contribution >= 0.6 is 0 Å². The number of hydrogen-bond donors (Lipinski definition) is 1. The molecule has 37 heavy (non-hydrogen) atoms. The first-order valence-electron chi connectivity index (χ1n) is 11.3. The smallest absolute Gasteiger partial charge is 0.264 e. The molecule has 0 unspecified atom stereocenters. The van der Waals surface area contributed by atoms with Crippen molar-refractivity contribution in [2.24, 2.45) is 5.10 Å². The Bertz CT molecular complexity index is 1300. The predicted octanol–water partition coefficient (Wildman–Crippen LogP) is 3.46. The van der Waals surface area contributed by atoms with E-state index in [2.05, 4.69) is 10.5 Å². The van der Waals surface area contributed by atoms with Crippen molar-refractivity contribution in [2.45, 2.75) is 11.8 Å². The third kappa shape index (κ3) is 6.70. The molecule has 10 nitrogen and oxygen atoms in total. The van der Waals surface area contributed by atoms with Gasteiger partial charge in [0.1, 0.15) is 12.3 Å². The Labute approximate surface area is 216 Å². The third-order valence-corrected chi connectivity index (χ3v) is 6.93. The average molecular weight is 528 g/mol. The van der Waals surface area contributed by atoms with Gasteiger partial charge in [-0.3, -0.25) is 9.10 Å². The molecule has 0 aliphatic carbocycles. The van der Waals surface area contributed by atoms with Crippen molar-refractivity contribution in [3.05, 3.63) is 72.3 Å². The Morgan fingerprint density at radius 2 is 1.57 bits per heavy atom. The molecule has 0 saturated heterocycles. The Morgan fingerprint density at radius 3 is 2.11 bits per heavy atom. The largest absolute Gasteiger partial charge is 0.494 e. The Balaban J connectivity index is 1.81. The summed E-state index contributed by atoms with van der Waals surface area (Å²) < 4.78 is 49.3. The minimum absolute atomic E-state index is 0.0218. The molecule has 196 valence electrons. The lowest BCUT2D eigenvalue weighted by Crippen LogP contribution is -2.39. The number of sulfonamides is 1. The number of nitrogens with one attached hydrogen (secondary N) is 1. The summed E-state index contributed by atoms with van der Waals surface area (Å²) in [6.07, 6.45) is 1.39. The third-order valence-electron chi connectivity index (χ3n) is 5.14. The molecule has 3 aromatic carbocycles. The maximum absolute atomic E-state index is 13.5. The zero-order valence-corrected chi connectivity index (χ0v) is 21.8. The van der Waals surface area contributed by atoms with Gasteiger partial charge in [0.2, 0.25) is 5.75 Å². The van der Waals surface area contributed by atoms with Gasteiger partial charge in [0.25, 0.3) is 15.9 Å². The predicted molar refractivity (Wildman–Crippen MR) is 140 cm³/mol. The normalized spacial score (nSPS) is 11.1. The first-order chi connectivity index (χ1) is 17.8. The first-order valence-corrected chi connectivity index (χ1v) is 12.7. The second-order valence-corrected chi connectivity index (χ2v) is 9.37. The van der Waals surface area contributed by atoms with Gasteiger partial charge in [-0.15, -0.1) is 0 Å². The summed E-state index contributed by atoms with van der Waals surface area (Å²) in [6.45, 7) is 1.80. The number of hydrazone groups is 1. The summed E-state index contributed by atoms with van der Waals surface area (Å²) in [5.74, 6) is 1.18. The van der Waals surface area contributed by atoms with Gasteiger partial charge in [0, 0.05) is 5.56 Å². The van der Waals surface area contributed by atoms with Gasteiger partial charge >= 0.3 is 0 Å². The number of amides is 1. The van der Waals surface area contributed by atoms with E-state index < -0.39 is 22.5 Å². The number of anilines is 1. The average Bonchev–Trinajstić information content (AvgIpc) is 2.92. The van der Waals surface area contributed by atoms with Crippen LogP contribution in [0.4, 0.5) is 5.69 Å². The summed E-state index contributed by atoms with van der Waals surface area (Å²) >= 11 is 0. The van der Waals surface area contributed by atoms with Crippen molar-refractivity contribution in [3.8, 4) is 23.0 Å². The van der Waals surface area contributed by atoms with Crippen molar-refractivity contribution in [1.82, 2.24) is 5.43 Å². The number of hydrogen-bond acceptors (Lipinski definition) is 8. The zero-order chi connectivity index (χ0) is 26.8. The van der Waals surface area contributed by atoms with Gasteiger partial charge in [0.15, 0.2) is 11.5 Å². The molecule has 0 aliphatic heterocycles. The van der Waals surface area contributed by atoms with Crippen LogP contribution in [0, 0.1) is 0 Å². The highest BCUT2D eigenvalue weighted by Gasteiger charge is 2.27. The molecule has 0 spiro atoms. The highest BCUT2D eigenvalue weighted by Crippen LogP contribution is 2.37. The summed E-state index contributed by atoms with van der Waals surface area (Å²) in [7, 11) is 0.407. The van der Waals surface area contributed by atoms with Crippen molar-refractivity contribution in [3.63, 3.8) is 0 Å². The minimum Gasteiger partial charge on any atom is -0.494 e. The van der Waals surface area contributed by atoms with Crippen molar-refractivity contribution < 1.29 is 32.2 Å². The van der Waals surface area contributed by atoms with Crippen LogP contribution in [0.1, 0.15) is 12.5 Å². The monoisotopic (exact) mass is 527 g/mol. The molecule has 0 saturated carbocycles. The lowest BCUT2D eigenvalue weighted by Gasteiger charge is -2.23. The molecule has 0 atom stereocenters. The lowest BCUT2D eigenvalue weighted by molar-refractivity contribution is -0.119. The molecule has 3 rings (SSSR count). The van der Waals surface area contributed by atoms with E-state index in [9.17, 15) is 13.2 Å². The van der Waals surface area contributed by atoms with Crippen LogP contribution in [-0.2, 0) is 14.8 Å². The second kappa shape index (κ2) is 12.6. The van der Waals surface area contributed by atoms with Crippen molar-refractivity contribution >= 4 is 27.8 Å². The van der Waals surface area contributed by atoms with Gasteiger partial charge in [-0.2, -0.15) is 5.10 Å². The summed E-state index contributed by atoms with van der Waals surface area (Å²) in [6, 6.07) is 17.7. The fraction of sp³-hybridized carbons (Fsp3) is 0.231. The number of para-hydroxylation sites is 1. The molecule has 0 bridgehead atoms. The van der Waals surface area contributed by atoms with E-state index in [0.717, 1.165) is 4.31 Å². The maximum Gasteiger partial charge on any atom is 0.264 e. The van der Waals surface area contributed by atoms with E-state index in [1.165, 1.54) is 39.7 Å². The molecule has 3 aromatic rings. The van der Waals surface area contributed by atoms with Gasteiger partial charge in [0.05, 0.1) is 44.7 Å². The van der Waals surface area contributed by atoms with E-state index in [1.54, 1.807) is 54.6 Å². The van der Waals surface area contributed by atoms with E-state index in [-0.39, 0.29) is 4.90 Å². The van der Waals surface area contributed by atoms with E-state index in [1.807, 2.05) is 6.92 Å². The van der Waals surface area contributed by atoms with Crippen LogP contribution in [0.5, 0.6) is 23.0 Å². The highest BCUT2D eigenvalue weighted by molar-refractivity contribution is 7.92. The number of carbonyl (C=O) groups excluding carboxylic acids is 1.